The molecule has 1 fully saturated rings. The molecule has 202 valence electrons. The fourth-order valence-electron chi connectivity index (χ4n) is 4.22. The van der Waals surface area contributed by atoms with Gasteiger partial charge in [-0.1, -0.05) is 65.7 Å². The molecule has 4 aromatic rings. The van der Waals surface area contributed by atoms with Gasteiger partial charge in [0, 0.05) is 10.7 Å². The molecule has 0 bridgehead atoms. The molecule has 7 nitrogen and oxygen atoms in total. The highest BCUT2D eigenvalue weighted by Crippen LogP contribution is 2.39. The van der Waals surface area contributed by atoms with Crippen LogP contribution in [-0.2, 0) is 16.1 Å². The second-order valence-electron chi connectivity index (χ2n) is 8.78. The number of amides is 3. The molecule has 1 heterocycles. The lowest BCUT2D eigenvalue weighted by molar-refractivity contribution is -0.123. The Labute approximate surface area is 244 Å². The molecule has 5 rings (SSSR count). The largest absolute Gasteiger partial charge is 0.493 e. The fraction of sp³-hybridized carbons (Fsp3) is 0.100. The lowest BCUT2D eigenvalue weighted by atomic mass is 10.0. The van der Waals surface area contributed by atoms with E-state index in [1.54, 1.807) is 42.5 Å². The smallest absolute Gasteiger partial charge is 0.293 e. The van der Waals surface area contributed by atoms with Crippen LogP contribution in [0.1, 0.15) is 11.1 Å². The van der Waals surface area contributed by atoms with Crippen LogP contribution in [0.3, 0.4) is 0 Å². The van der Waals surface area contributed by atoms with Gasteiger partial charge >= 0.3 is 0 Å². The van der Waals surface area contributed by atoms with Crippen LogP contribution in [-0.4, -0.2) is 35.7 Å². The third-order valence-corrected chi connectivity index (χ3v) is 7.55. The van der Waals surface area contributed by atoms with Crippen LogP contribution in [0.4, 0.5) is 10.5 Å². The molecule has 0 aliphatic carbocycles. The summed E-state index contributed by atoms with van der Waals surface area (Å²) in [5.74, 6) is -0.341. The normalized spacial score (nSPS) is 14.2. The summed E-state index contributed by atoms with van der Waals surface area (Å²) in [6, 6.07) is 23.5. The van der Waals surface area contributed by atoms with Crippen LogP contribution in [0.2, 0.25) is 10.0 Å². The monoisotopic (exact) mass is 592 g/mol. The molecule has 3 amide bonds. The van der Waals surface area contributed by atoms with Crippen molar-refractivity contribution in [3.8, 4) is 11.5 Å². The van der Waals surface area contributed by atoms with Gasteiger partial charge in [0.15, 0.2) is 18.1 Å². The minimum Gasteiger partial charge on any atom is -0.493 e. The molecule has 0 aromatic heterocycles. The first-order chi connectivity index (χ1) is 19.3. The van der Waals surface area contributed by atoms with E-state index >= 15 is 0 Å². The minimum absolute atomic E-state index is 0.165. The number of fused-ring (bicyclic) bond motifs is 1. The average Bonchev–Trinajstić information content (AvgIpc) is 3.20. The van der Waals surface area contributed by atoms with E-state index in [9.17, 15) is 14.4 Å². The van der Waals surface area contributed by atoms with Crippen LogP contribution in [0.5, 0.6) is 11.5 Å². The number of hydrogen-bond acceptors (Lipinski definition) is 6. The highest BCUT2D eigenvalue weighted by atomic mass is 35.5. The quantitative estimate of drug-likeness (QED) is 0.214. The molecule has 10 heteroatoms. The summed E-state index contributed by atoms with van der Waals surface area (Å²) in [6.07, 6.45) is 1.58. The Balaban J connectivity index is 1.30. The Bertz CT molecular complexity index is 1650. The molecular weight excluding hydrogens is 571 g/mol. The number of nitrogens with zero attached hydrogens (tertiary/aromatic N) is 1. The average molecular weight is 593 g/mol. The van der Waals surface area contributed by atoms with E-state index in [0.29, 0.717) is 16.3 Å². The van der Waals surface area contributed by atoms with Gasteiger partial charge in [0.25, 0.3) is 17.1 Å². The maximum atomic E-state index is 13.2. The number of imide groups is 1. The number of ether oxygens (including phenoxy) is 2. The van der Waals surface area contributed by atoms with Crippen molar-refractivity contribution in [1.82, 2.24) is 4.90 Å². The first-order valence-corrected chi connectivity index (χ1v) is 13.7. The van der Waals surface area contributed by atoms with E-state index < -0.39 is 11.8 Å². The number of carbonyl (C=O) groups excluding carboxylic acids is 3. The third-order valence-electron chi connectivity index (χ3n) is 6.11. The number of benzene rings is 4. The Morgan fingerprint density at radius 1 is 1.00 bits per heavy atom. The van der Waals surface area contributed by atoms with Crippen LogP contribution in [0.25, 0.3) is 16.8 Å². The van der Waals surface area contributed by atoms with Crippen LogP contribution >= 0.6 is 35.0 Å². The molecular formula is C30H22Cl2N2O5S. The second kappa shape index (κ2) is 12.0. The number of thioether (sulfide) groups is 1. The maximum absolute atomic E-state index is 13.2. The SMILES string of the molecule is COc1cc(/C=C2\SC(=O)N(Cc3cccc4ccccc34)C2=O)cc(Cl)c1OCC(=O)Nc1ccc(Cl)cc1. The number of anilines is 1. The van der Waals surface area contributed by atoms with Crippen LogP contribution in [0, 0.1) is 0 Å². The van der Waals surface area contributed by atoms with Crippen LogP contribution in [0.15, 0.2) is 83.8 Å². The van der Waals surface area contributed by atoms with Gasteiger partial charge in [-0.2, -0.15) is 0 Å². The summed E-state index contributed by atoms with van der Waals surface area (Å²) in [6.45, 7) is -0.149. The molecule has 1 aliphatic heterocycles. The van der Waals surface area contributed by atoms with Gasteiger partial charge < -0.3 is 14.8 Å². The van der Waals surface area contributed by atoms with Crippen molar-refractivity contribution in [1.29, 1.82) is 0 Å². The van der Waals surface area contributed by atoms with Gasteiger partial charge in [-0.25, -0.2) is 0 Å². The summed E-state index contributed by atoms with van der Waals surface area (Å²) in [7, 11) is 1.44. The van der Waals surface area contributed by atoms with E-state index in [4.69, 9.17) is 32.7 Å². The zero-order valence-corrected chi connectivity index (χ0v) is 23.5. The predicted molar refractivity (Wildman–Crippen MR) is 159 cm³/mol. The lowest BCUT2D eigenvalue weighted by Gasteiger charge is -2.14. The topological polar surface area (TPSA) is 84.9 Å². The Morgan fingerprint density at radius 2 is 1.75 bits per heavy atom. The number of halogens is 2. The van der Waals surface area contributed by atoms with Crippen molar-refractivity contribution in [3.63, 3.8) is 0 Å². The van der Waals surface area contributed by atoms with E-state index in [1.807, 2.05) is 42.5 Å². The Hall–Kier alpha value is -3.98. The summed E-state index contributed by atoms with van der Waals surface area (Å²) in [5, 5.41) is 5.11. The molecule has 40 heavy (non-hydrogen) atoms. The standard InChI is InChI=1S/C30H22Cl2N2O5S/c1-38-25-14-18(13-24(32)28(25)39-17-27(35)33-22-11-9-21(31)10-12-22)15-26-29(36)34(30(37)40-26)16-20-7-4-6-19-5-2-3-8-23(19)20/h2-15H,16-17H2,1H3,(H,33,35)/b26-15-. The molecule has 1 aliphatic rings. The molecule has 1 N–H and O–H groups in total. The van der Waals surface area contributed by atoms with Crippen molar-refractivity contribution >= 4 is 74.6 Å². The first-order valence-electron chi connectivity index (χ1n) is 12.1. The van der Waals surface area contributed by atoms with Crippen molar-refractivity contribution in [2.75, 3.05) is 19.0 Å². The van der Waals surface area contributed by atoms with E-state index in [1.165, 1.54) is 12.0 Å². The molecule has 0 atom stereocenters. The molecule has 0 saturated carbocycles. The number of methoxy groups -OCH3 is 1. The molecule has 0 unspecified atom stereocenters. The first kappa shape index (κ1) is 27.6. The predicted octanol–water partition coefficient (Wildman–Crippen LogP) is 7.41. The van der Waals surface area contributed by atoms with Crippen molar-refractivity contribution in [2.24, 2.45) is 0 Å². The summed E-state index contributed by atoms with van der Waals surface area (Å²) in [4.78, 5) is 39.8. The molecule has 4 aromatic carbocycles. The summed E-state index contributed by atoms with van der Waals surface area (Å²) >= 11 is 13.2. The molecule has 0 spiro atoms. The van der Waals surface area contributed by atoms with E-state index in [0.717, 1.165) is 28.1 Å². The number of hydrogen-bond donors (Lipinski definition) is 1. The fourth-order valence-corrected chi connectivity index (χ4v) is 5.46. The van der Waals surface area contributed by atoms with Crippen LogP contribution < -0.4 is 14.8 Å². The number of rotatable bonds is 8. The Kier molecular flexibility index (Phi) is 8.30. The second-order valence-corrected chi connectivity index (χ2v) is 10.6. The lowest BCUT2D eigenvalue weighted by Crippen LogP contribution is -2.27. The molecule has 1 saturated heterocycles. The zero-order valence-electron chi connectivity index (χ0n) is 21.1. The Morgan fingerprint density at radius 3 is 2.52 bits per heavy atom. The van der Waals surface area contributed by atoms with Gasteiger partial charge in [-0.15, -0.1) is 0 Å². The highest BCUT2D eigenvalue weighted by molar-refractivity contribution is 8.18. The third kappa shape index (κ3) is 6.09. The van der Waals surface area contributed by atoms with Crippen molar-refractivity contribution in [2.45, 2.75) is 6.54 Å². The maximum Gasteiger partial charge on any atom is 0.293 e. The van der Waals surface area contributed by atoms with Crippen molar-refractivity contribution < 1.29 is 23.9 Å². The van der Waals surface area contributed by atoms with Gasteiger partial charge in [-0.05, 0) is 76.1 Å². The van der Waals surface area contributed by atoms with Gasteiger partial charge in [-0.3, -0.25) is 19.3 Å². The zero-order chi connectivity index (χ0) is 28.2. The van der Waals surface area contributed by atoms with Gasteiger partial charge in [0.05, 0.1) is 23.6 Å². The summed E-state index contributed by atoms with van der Waals surface area (Å²) in [5.41, 5.74) is 1.99. The van der Waals surface area contributed by atoms with Gasteiger partial charge in [0.1, 0.15) is 0 Å². The summed E-state index contributed by atoms with van der Waals surface area (Å²) < 4.78 is 11.1. The molecule has 0 radical (unpaired) electrons. The highest BCUT2D eigenvalue weighted by Gasteiger charge is 2.35. The minimum atomic E-state index is -0.399. The van der Waals surface area contributed by atoms with E-state index in [2.05, 4.69) is 5.32 Å². The van der Waals surface area contributed by atoms with E-state index in [-0.39, 0.29) is 39.8 Å². The van der Waals surface area contributed by atoms with Gasteiger partial charge in [0.2, 0.25) is 0 Å². The number of nitrogens with one attached hydrogen (secondary N) is 1. The number of carbonyl (C=O) groups is 3. The van der Waals surface area contributed by atoms with Crippen molar-refractivity contribution in [3.05, 3.63) is 105 Å².